The largest absolute Gasteiger partial charge is 0.481 e. The number of nitrogens with one attached hydrogen (secondary N) is 1. The van der Waals surface area contributed by atoms with Crippen LogP contribution in [-0.4, -0.2) is 23.7 Å². The van der Waals surface area contributed by atoms with E-state index in [1.54, 1.807) is 0 Å². The Morgan fingerprint density at radius 2 is 1.74 bits per heavy atom. The van der Waals surface area contributed by atoms with Crippen LogP contribution in [0.1, 0.15) is 72.1 Å². The predicted octanol–water partition coefficient (Wildman–Crippen LogP) is 3.83. The first kappa shape index (κ1) is 16.5. The highest BCUT2D eigenvalue weighted by atomic mass is 16.4. The van der Waals surface area contributed by atoms with Crippen LogP contribution in [0.25, 0.3) is 0 Å². The molecule has 0 atom stereocenters. The molecule has 0 aromatic heterocycles. The number of carboxylic acids is 1. The van der Waals surface area contributed by atoms with Crippen molar-refractivity contribution < 1.29 is 9.90 Å². The number of rotatable bonds is 8. The minimum absolute atomic E-state index is 0.532. The van der Waals surface area contributed by atoms with Gasteiger partial charge in [0.1, 0.15) is 0 Å². The van der Waals surface area contributed by atoms with Gasteiger partial charge < -0.3 is 10.4 Å². The van der Waals surface area contributed by atoms with Gasteiger partial charge >= 0.3 is 5.97 Å². The molecule has 0 radical (unpaired) electrons. The maximum Gasteiger partial charge on any atom is 0.310 e. The highest BCUT2D eigenvalue weighted by molar-refractivity contribution is 5.74. The average molecular weight is 269 g/mol. The molecule has 0 aliphatic heterocycles. The molecule has 0 aromatic carbocycles. The van der Waals surface area contributed by atoms with Gasteiger partial charge in [-0.1, -0.05) is 33.6 Å². The Bertz CT molecular complexity index is 266. The molecule has 0 spiro atoms. The molecule has 0 bridgehead atoms. The van der Waals surface area contributed by atoms with E-state index in [1.807, 2.05) is 13.8 Å². The predicted molar refractivity (Wildman–Crippen MR) is 79.3 cm³/mol. The fourth-order valence-corrected chi connectivity index (χ4v) is 3.28. The van der Waals surface area contributed by atoms with Gasteiger partial charge in [-0.25, -0.2) is 0 Å². The summed E-state index contributed by atoms with van der Waals surface area (Å²) in [4.78, 5) is 11.5. The monoisotopic (exact) mass is 269 g/mol. The first-order valence-corrected chi connectivity index (χ1v) is 8.04. The van der Waals surface area contributed by atoms with E-state index < -0.39 is 11.4 Å². The van der Waals surface area contributed by atoms with Crippen LogP contribution in [0, 0.1) is 11.3 Å². The molecule has 0 saturated heterocycles. The molecular weight excluding hydrogens is 238 g/mol. The van der Waals surface area contributed by atoms with Crippen LogP contribution in [0.3, 0.4) is 0 Å². The summed E-state index contributed by atoms with van der Waals surface area (Å²) in [5.41, 5.74) is -0.569. The molecule has 2 N–H and O–H groups in total. The van der Waals surface area contributed by atoms with Crippen LogP contribution in [-0.2, 0) is 4.79 Å². The Hall–Kier alpha value is -0.570. The summed E-state index contributed by atoms with van der Waals surface area (Å²) in [6, 6.07) is 0.532. The highest BCUT2D eigenvalue weighted by Crippen LogP contribution is 2.30. The van der Waals surface area contributed by atoms with E-state index >= 15 is 0 Å². The molecule has 19 heavy (non-hydrogen) atoms. The van der Waals surface area contributed by atoms with Gasteiger partial charge in [0.2, 0.25) is 0 Å². The maximum absolute atomic E-state index is 11.5. The van der Waals surface area contributed by atoms with Crippen molar-refractivity contribution in [1.29, 1.82) is 0 Å². The van der Waals surface area contributed by atoms with Crippen molar-refractivity contribution in [3.8, 4) is 0 Å². The van der Waals surface area contributed by atoms with Crippen molar-refractivity contribution in [1.82, 2.24) is 5.32 Å². The van der Waals surface area contributed by atoms with E-state index in [0.29, 0.717) is 25.4 Å². The van der Waals surface area contributed by atoms with Crippen LogP contribution in [0.2, 0.25) is 0 Å². The quantitative estimate of drug-likeness (QED) is 0.704. The molecule has 1 saturated carbocycles. The third-order valence-electron chi connectivity index (χ3n) is 5.08. The molecule has 3 heteroatoms. The number of aliphatic carboxylic acids is 1. The summed E-state index contributed by atoms with van der Waals surface area (Å²) in [6.07, 6.45) is 9.11. The molecule has 0 unspecified atom stereocenters. The van der Waals surface area contributed by atoms with Crippen LogP contribution < -0.4 is 5.32 Å². The van der Waals surface area contributed by atoms with E-state index in [-0.39, 0.29) is 0 Å². The van der Waals surface area contributed by atoms with Crippen LogP contribution in [0.15, 0.2) is 0 Å². The van der Waals surface area contributed by atoms with Gasteiger partial charge in [-0.2, -0.15) is 0 Å². The van der Waals surface area contributed by atoms with E-state index in [0.717, 1.165) is 5.92 Å². The van der Waals surface area contributed by atoms with Gasteiger partial charge in [-0.3, -0.25) is 4.79 Å². The Kier molecular flexibility index (Phi) is 6.84. The second kappa shape index (κ2) is 7.88. The molecule has 1 aliphatic carbocycles. The third-order valence-corrected chi connectivity index (χ3v) is 5.08. The van der Waals surface area contributed by atoms with E-state index in [4.69, 9.17) is 0 Å². The lowest BCUT2D eigenvalue weighted by Crippen LogP contribution is -2.45. The zero-order valence-electron chi connectivity index (χ0n) is 12.9. The van der Waals surface area contributed by atoms with Gasteiger partial charge in [-0.05, 0) is 44.4 Å². The molecule has 3 nitrogen and oxygen atoms in total. The van der Waals surface area contributed by atoms with Gasteiger partial charge in [-0.15, -0.1) is 0 Å². The lowest BCUT2D eigenvalue weighted by molar-refractivity contribution is -0.149. The maximum atomic E-state index is 11.5. The summed E-state index contributed by atoms with van der Waals surface area (Å²) >= 11 is 0. The molecule has 0 heterocycles. The summed E-state index contributed by atoms with van der Waals surface area (Å²) in [5, 5.41) is 13.0. The summed E-state index contributed by atoms with van der Waals surface area (Å²) < 4.78 is 0. The normalized spacial score (nSPS) is 24.4. The molecule has 1 fully saturated rings. The van der Waals surface area contributed by atoms with E-state index in [1.165, 1.54) is 38.5 Å². The number of hydrogen-bond donors (Lipinski definition) is 2. The van der Waals surface area contributed by atoms with E-state index in [9.17, 15) is 9.90 Å². The van der Waals surface area contributed by atoms with Crippen molar-refractivity contribution in [2.75, 3.05) is 6.54 Å². The molecule has 1 aliphatic rings. The first-order chi connectivity index (χ1) is 9.07. The third kappa shape index (κ3) is 4.48. The molecule has 1 rings (SSSR count). The van der Waals surface area contributed by atoms with E-state index in [2.05, 4.69) is 12.2 Å². The smallest absolute Gasteiger partial charge is 0.310 e. The number of carbonyl (C=O) groups is 1. The topological polar surface area (TPSA) is 49.3 Å². The summed E-state index contributed by atoms with van der Waals surface area (Å²) in [5.74, 6) is 0.259. The Labute approximate surface area is 118 Å². The van der Waals surface area contributed by atoms with Crippen LogP contribution in [0.4, 0.5) is 0 Å². The minimum atomic E-state index is -0.648. The second-order valence-corrected chi connectivity index (χ2v) is 6.18. The van der Waals surface area contributed by atoms with Gasteiger partial charge in [0.25, 0.3) is 0 Å². The number of carboxylic acid groups (broad SMARTS) is 1. The summed E-state index contributed by atoms with van der Waals surface area (Å²) in [6.45, 7) is 6.85. The highest BCUT2D eigenvalue weighted by Gasteiger charge is 2.35. The van der Waals surface area contributed by atoms with Crippen LogP contribution in [0.5, 0.6) is 0 Å². The second-order valence-electron chi connectivity index (χ2n) is 6.18. The number of hydrogen-bond acceptors (Lipinski definition) is 2. The Morgan fingerprint density at radius 1 is 1.16 bits per heavy atom. The zero-order chi connectivity index (χ0) is 14.3. The molecular formula is C16H31NO2. The average Bonchev–Trinajstić information content (AvgIpc) is 2.42. The van der Waals surface area contributed by atoms with Crippen molar-refractivity contribution in [2.24, 2.45) is 11.3 Å². The minimum Gasteiger partial charge on any atom is -0.481 e. The Balaban J connectivity index is 2.38. The fraction of sp³-hybridized carbons (Fsp3) is 0.938. The Morgan fingerprint density at radius 3 is 2.16 bits per heavy atom. The van der Waals surface area contributed by atoms with Gasteiger partial charge in [0, 0.05) is 12.6 Å². The van der Waals surface area contributed by atoms with Crippen molar-refractivity contribution in [3.05, 3.63) is 0 Å². The van der Waals surface area contributed by atoms with Crippen molar-refractivity contribution >= 4 is 5.97 Å². The summed E-state index contributed by atoms with van der Waals surface area (Å²) in [7, 11) is 0. The van der Waals surface area contributed by atoms with Crippen LogP contribution >= 0.6 is 0 Å². The standard InChI is InChI=1S/C16H31NO2/c1-4-7-13-8-10-14(11-9-13)17-12-16(5-2,6-3)15(18)19/h13-14,17H,4-12H2,1-3H3,(H,18,19). The molecule has 0 amide bonds. The van der Waals surface area contributed by atoms with Crippen molar-refractivity contribution in [3.63, 3.8) is 0 Å². The molecule has 112 valence electrons. The fourth-order valence-electron chi connectivity index (χ4n) is 3.28. The first-order valence-electron chi connectivity index (χ1n) is 8.04. The lowest BCUT2D eigenvalue weighted by atomic mass is 9.80. The lowest BCUT2D eigenvalue weighted by Gasteiger charge is -2.33. The van der Waals surface area contributed by atoms with Gasteiger partial charge in [0.15, 0.2) is 0 Å². The molecule has 0 aromatic rings. The van der Waals surface area contributed by atoms with Gasteiger partial charge in [0.05, 0.1) is 5.41 Å². The zero-order valence-corrected chi connectivity index (χ0v) is 12.9. The SMILES string of the molecule is CCCC1CCC(NCC(CC)(CC)C(=O)O)CC1. The van der Waals surface area contributed by atoms with Crippen molar-refractivity contribution in [2.45, 2.75) is 78.2 Å².